The molecule has 0 N–H and O–H groups in total. The van der Waals surface area contributed by atoms with E-state index >= 15 is 0 Å². The van der Waals surface area contributed by atoms with E-state index in [0.717, 1.165) is 0 Å². The van der Waals surface area contributed by atoms with Crippen molar-refractivity contribution in [1.29, 1.82) is 0 Å². The number of rotatable bonds is 8. The average molecular weight is 449 g/mol. The summed E-state index contributed by atoms with van der Waals surface area (Å²) in [5.41, 5.74) is 1.09. The van der Waals surface area contributed by atoms with Crippen molar-refractivity contribution in [2.45, 2.75) is 0 Å². The zero-order valence-corrected chi connectivity index (χ0v) is 17.9. The maximum atomic E-state index is 14.3. The molecule has 7 nitrogen and oxygen atoms in total. The molecule has 0 fully saturated rings. The Morgan fingerprint density at radius 3 is 2.21 bits per heavy atom. The maximum Gasteiger partial charge on any atom is 0.336 e. The summed E-state index contributed by atoms with van der Waals surface area (Å²) >= 11 is 0. The highest BCUT2D eigenvalue weighted by molar-refractivity contribution is 5.89. The molecule has 0 atom stereocenters. The van der Waals surface area contributed by atoms with E-state index in [-0.39, 0.29) is 11.5 Å². The van der Waals surface area contributed by atoms with Gasteiger partial charge in [0.1, 0.15) is 5.75 Å². The first-order chi connectivity index (χ1) is 16.0. The molecule has 3 rings (SSSR count). The molecule has 1 aromatic heterocycles. The van der Waals surface area contributed by atoms with E-state index in [1.54, 1.807) is 36.5 Å². The van der Waals surface area contributed by atoms with Crippen LogP contribution in [0.2, 0.25) is 0 Å². The zero-order chi connectivity index (χ0) is 23.6. The van der Waals surface area contributed by atoms with Gasteiger partial charge < -0.3 is 18.9 Å². The van der Waals surface area contributed by atoms with Crippen molar-refractivity contribution in [1.82, 2.24) is 4.98 Å². The Bertz CT molecular complexity index is 1190. The fraction of sp³-hybridized carbons (Fsp3) is 0.0800. The number of hydrogen-bond acceptors (Lipinski definition) is 7. The summed E-state index contributed by atoms with van der Waals surface area (Å²) < 4.78 is 34.9. The molecule has 0 amide bonds. The lowest BCUT2D eigenvalue weighted by molar-refractivity contribution is -0.134. The molecule has 0 saturated carbocycles. The van der Waals surface area contributed by atoms with E-state index in [0.29, 0.717) is 22.6 Å². The molecule has 0 unspecified atom stereocenters. The number of carbonyl (C=O) groups excluding carboxylic acids is 2. The van der Waals surface area contributed by atoms with Gasteiger partial charge in [0.05, 0.1) is 20.4 Å². The number of ether oxygens (including phenoxy) is 4. The second kappa shape index (κ2) is 11.2. The van der Waals surface area contributed by atoms with Gasteiger partial charge in [-0.15, -0.1) is 0 Å². The fourth-order valence-electron chi connectivity index (χ4n) is 2.65. The Hall–Kier alpha value is -4.46. The summed E-state index contributed by atoms with van der Waals surface area (Å²) in [7, 11) is 2.70. The normalized spacial score (nSPS) is 10.9. The monoisotopic (exact) mass is 449 g/mol. The summed E-state index contributed by atoms with van der Waals surface area (Å²) in [4.78, 5) is 27.3. The number of benzene rings is 2. The van der Waals surface area contributed by atoms with Crippen LogP contribution in [0.3, 0.4) is 0 Å². The van der Waals surface area contributed by atoms with Gasteiger partial charge in [-0.25, -0.2) is 14.0 Å². The van der Waals surface area contributed by atoms with Crippen molar-refractivity contribution in [3.63, 3.8) is 0 Å². The van der Waals surface area contributed by atoms with Gasteiger partial charge in [-0.1, -0.05) is 12.1 Å². The lowest BCUT2D eigenvalue weighted by Crippen LogP contribution is -2.05. The number of esters is 2. The van der Waals surface area contributed by atoms with Gasteiger partial charge in [0, 0.05) is 18.3 Å². The van der Waals surface area contributed by atoms with Gasteiger partial charge in [-0.3, -0.25) is 4.98 Å². The van der Waals surface area contributed by atoms with E-state index in [4.69, 9.17) is 14.2 Å². The van der Waals surface area contributed by atoms with Crippen LogP contribution in [0.5, 0.6) is 23.0 Å². The molecule has 0 spiro atoms. The summed E-state index contributed by atoms with van der Waals surface area (Å²) in [6, 6.07) is 12.4. The number of nitrogens with zero attached hydrogens (tertiary/aromatic N) is 1. The topological polar surface area (TPSA) is 84.0 Å². The zero-order valence-electron chi connectivity index (χ0n) is 17.9. The molecule has 0 aliphatic carbocycles. The molecular formula is C25H20FNO6. The van der Waals surface area contributed by atoms with Crippen LogP contribution in [0, 0.1) is 5.82 Å². The molecule has 0 aliphatic rings. The maximum absolute atomic E-state index is 14.3. The first-order valence-corrected chi connectivity index (χ1v) is 9.70. The lowest BCUT2D eigenvalue weighted by atomic mass is 10.2. The highest BCUT2D eigenvalue weighted by Gasteiger charge is 2.10. The molecule has 0 saturated heterocycles. The average Bonchev–Trinajstić information content (AvgIpc) is 2.84. The fourth-order valence-corrected chi connectivity index (χ4v) is 2.65. The molecule has 0 bridgehead atoms. The molecule has 33 heavy (non-hydrogen) atoms. The van der Waals surface area contributed by atoms with Crippen LogP contribution in [0.25, 0.3) is 12.2 Å². The quantitative estimate of drug-likeness (QED) is 0.277. The Morgan fingerprint density at radius 2 is 1.58 bits per heavy atom. The molecule has 8 heteroatoms. The van der Waals surface area contributed by atoms with Crippen LogP contribution in [-0.2, 0) is 14.3 Å². The molecule has 168 valence electrons. The third-order valence-electron chi connectivity index (χ3n) is 4.24. The lowest BCUT2D eigenvalue weighted by Gasteiger charge is -2.09. The minimum absolute atomic E-state index is 0.0359. The SMILES string of the molecule is COC(=O)/C=C/c1ccc(OC(=O)/C=C/c2ccc(Oc3cccnc3)c(F)c2)c(OC)c1. The Labute approximate surface area is 189 Å². The predicted molar refractivity (Wildman–Crippen MR) is 119 cm³/mol. The molecule has 1 heterocycles. The van der Waals surface area contributed by atoms with Crippen LogP contribution >= 0.6 is 0 Å². The Morgan fingerprint density at radius 1 is 0.879 bits per heavy atom. The van der Waals surface area contributed by atoms with Crippen molar-refractivity contribution in [2.75, 3.05) is 14.2 Å². The van der Waals surface area contributed by atoms with Crippen LogP contribution in [0.1, 0.15) is 11.1 Å². The molecule has 0 aliphatic heterocycles. The number of aromatic nitrogens is 1. The van der Waals surface area contributed by atoms with Gasteiger partial charge in [0.25, 0.3) is 0 Å². The molecular weight excluding hydrogens is 429 g/mol. The summed E-state index contributed by atoms with van der Waals surface area (Å²) in [6.07, 6.45) is 8.44. The third kappa shape index (κ3) is 6.76. The first kappa shape index (κ1) is 23.2. The largest absolute Gasteiger partial charge is 0.493 e. The van der Waals surface area contributed by atoms with Crippen LogP contribution < -0.4 is 14.2 Å². The summed E-state index contributed by atoms with van der Waals surface area (Å²) in [5, 5.41) is 0. The Kier molecular flexibility index (Phi) is 7.91. The van der Waals surface area contributed by atoms with Crippen LogP contribution in [0.15, 0.2) is 73.1 Å². The number of methoxy groups -OCH3 is 2. The van der Waals surface area contributed by atoms with Gasteiger partial charge >= 0.3 is 11.9 Å². The van der Waals surface area contributed by atoms with Crippen molar-refractivity contribution in [3.05, 3.63) is 90.0 Å². The predicted octanol–water partition coefficient (Wildman–Crippen LogP) is 4.83. The standard InChI is InChI=1S/C25H20FNO6/c1-30-23-15-18(7-11-24(28)31-2)6-10-22(23)33-25(29)12-8-17-5-9-21(20(26)14-17)32-19-4-3-13-27-16-19/h3-16H,1-2H3/b11-7+,12-8+. The second-order valence-electron chi connectivity index (χ2n) is 6.50. The van der Waals surface area contributed by atoms with Crippen molar-refractivity contribution in [3.8, 4) is 23.0 Å². The summed E-state index contributed by atoms with van der Waals surface area (Å²) in [5.74, 6) is -0.838. The number of hydrogen-bond donors (Lipinski definition) is 0. The van der Waals surface area contributed by atoms with E-state index in [9.17, 15) is 14.0 Å². The van der Waals surface area contributed by atoms with Crippen molar-refractivity contribution < 1.29 is 32.9 Å². The smallest absolute Gasteiger partial charge is 0.336 e. The first-order valence-electron chi connectivity index (χ1n) is 9.70. The number of carbonyl (C=O) groups is 2. The van der Waals surface area contributed by atoms with Crippen LogP contribution in [-0.4, -0.2) is 31.1 Å². The van der Waals surface area contributed by atoms with Crippen molar-refractivity contribution in [2.24, 2.45) is 0 Å². The van der Waals surface area contributed by atoms with E-state index in [2.05, 4.69) is 9.72 Å². The minimum atomic E-state index is -0.678. The van der Waals surface area contributed by atoms with E-state index in [1.807, 2.05) is 0 Å². The molecule has 2 aromatic carbocycles. The Balaban J connectivity index is 1.65. The van der Waals surface area contributed by atoms with E-state index < -0.39 is 17.8 Å². The van der Waals surface area contributed by atoms with E-state index in [1.165, 1.54) is 62.9 Å². The van der Waals surface area contributed by atoms with Gasteiger partial charge in [-0.2, -0.15) is 0 Å². The van der Waals surface area contributed by atoms with Gasteiger partial charge in [0.2, 0.25) is 0 Å². The number of halogens is 1. The number of pyridine rings is 1. The van der Waals surface area contributed by atoms with Gasteiger partial charge in [-0.05, 0) is 59.7 Å². The van der Waals surface area contributed by atoms with Gasteiger partial charge in [0.15, 0.2) is 23.1 Å². The highest BCUT2D eigenvalue weighted by atomic mass is 19.1. The third-order valence-corrected chi connectivity index (χ3v) is 4.24. The molecule has 0 radical (unpaired) electrons. The molecule has 3 aromatic rings. The highest BCUT2D eigenvalue weighted by Crippen LogP contribution is 2.29. The van der Waals surface area contributed by atoms with Crippen molar-refractivity contribution >= 4 is 24.1 Å². The minimum Gasteiger partial charge on any atom is -0.493 e. The summed E-state index contributed by atoms with van der Waals surface area (Å²) in [6.45, 7) is 0. The van der Waals surface area contributed by atoms with Crippen LogP contribution in [0.4, 0.5) is 4.39 Å². The second-order valence-corrected chi connectivity index (χ2v) is 6.50.